The Morgan fingerprint density at radius 3 is 2.36 bits per heavy atom. The zero-order valence-electron chi connectivity index (χ0n) is 15.0. The van der Waals surface area contributed by atoms with Crippen LogP contribution in [-0.2, 0) is 17.9 Å². The molecule has 25 heavy (non-hydrogen) atoms. The molecule has 1 aromatic carbocycles. The van der Waals surface area contributed by atoms with E-state index in [4.69, 9.17) is 0 Å². The van der Waals surface area contributed by atoms with E-state index >= 15 is 0 Å². The third-order valence-corrected chi connectivity index (χ3v) is 4.99. The molecule has 0 aromatic heterocycles. The first-order valence-corrected chi connectivity index (χ1v) is 9.00. The molecule has 1 saturated carbocycles. The third-order valence-electron chi connectivity index (χ3n) is 4.99. The maximum Gasteiger partial charge on any atom is 0.234 e. The second-order valence-electron chi connectivity index (χ2n) is 7.16. The van der Waals surface area contributed by atoms with E-state index in [0.29, 0.717) is 19.1 Å². The first-order chi connectivity index (χ1) is 11.2. The zero-order valence-corrected chi connectivity index (χ0v) is 16.6. The minimum Gasteiger partial charge on any atom is -0.351 e. The monoisotopic (exact) mass is 387 g/mol. The number of halogens is 2. The molecule has 1 aliphatic heterocycles. The van der Waals surface area contributed by atoms with E-state index in [1.54, 1.807) is 0 Å². The Hall–Kier alpha value is -0.810. The summed E-state index contributed by atoms with van der Waals surface area (Å²) in [7, 11) is 0. The summed E-state index contributed by atoms with van der Waals surface area (Å²) >= 11 is 0. The van der Waals surface area contributed by atoms with Gasteiger partial charge in [0, 0.05) is 19.1 Å². The van der Waals surface area contributed by atoms with Crippen molar-refractivity contribution in [3.05, 3.63) is 35.4 Å². The standard InChI is InChI=1S/C19H29N3O.2ClH/c1-15-8-10-22(11-9-15)14-17-5-3-2-4-16(17)12-21-19(23)13-20-18-6-7-18;;/h2-5,15,18,20H,6-14H2,1H3,(H,21,23);2*1H. The van der Waals surface area contributed by atoms with Gasteiger partial charge in [0.25, 0.3) is 0 Å². The van der Waals surface area contributed by atoms with Crippen molar-refractivity contribution >= 4 is 30.7 Å². The van der Waals surface area contributed by atoms with Gasteiger partial charge in [0.05, 0.1) is 6.54 Å². The summed E-state index contributed by atoms with van der Waals surface area (Å²) in [6.45, 7) is 6.79. The zero-order chi connectivity index (χ0) is 16.1. The van der Waals surface area contributed by atoms with Crippen molar-refractivity contribution in [2.75, 3.05) is 19.6 Å². The molecule has 2 fully saturated rings. The number of hydrogen-bond acceptors (Lipinski definition) is 3. The minimum atomic E-state index is 0. The number of amides is 1. The van der Waals surface area contributed by atoms with Crippen LogP contribution in [-0.4, -0.2) is 36.5 Å². The highest BCUT2D eigenvalue weighted by Gasteiger charge is 2.21. The van der Waals surface area contributed by atoms with E-state index in [1.165, 1.54) is 49.9 Å². The van der Waals surface area contributed by atoms with E-state index in [0.717, 1.165) is 12.5 Å². The van der Waals surface area contributed by atoms with Crippen LogP contribution in [0.25, 0.3) is 0 Å². The predicted molar refractivity (Wildman–Crippen MR) is 107 cm³/mol. The maximum atomic E-state index is 11.9. The van der Waals surface area contributed by atoms with Crippen LogP contribution in [0.4, 0.5) is 0 Å². The Morgan fingerprint density at radius 2 is 1.72 bits per heavy atom. The molecule has 2 N–H and O–H groups in total. The first kappa shape index (κ1) is 22.2. The average molecular weight is 388 g/mol. The molecule has 0 spiro atoms. The van der Waals surface area contributed by atoms with Crippen molar-refractivity contribution in [1.82, 2.24) is 15.5 Å². The van der Waals surface area contributed by atoms with Gasteiger partial charge in [-0.25, -0.2) is 0 Å². The van der Waals surface area contributed by atoms with Crippen molar-refractivity contribution in [3.63, 3.8) is 0 Å². The maximum absolute atomic E-state index is 11.9. The van der Waals surface area contributed by atoms with Crippen LogP contribution in [0.2, 0.25) is 0 Å². The van der Waals surface area contributed by atoms with Gasteiger partial charge >= 0.3 is 0 Å². The van der Waals surface area contributed by atoms with Gasteiger partial charge < -0.3 is 10.6 Å². The lowest BCUT2D eigenvalue weighted by Crippen LogP contribution is -2.35. The molecule has 1 aromatic rings. The molecule has 0 atom stereocenters. The van der Waals surface area contributed by atoms with Gasteiger partial charge in [-0.05, 0) is 55.8 Å². The number of rotatable bonds is 7. The molecule has 6 heteroatoms. The van der Waals surface area contributed by atoms with Gasteiger partial charge in [0.2, 0.25) is 5.91 Å². The fourth-order valence-corrected chi connectivity index (χ4v) is 3.13. The van der Waals surface area contributed by atoms with Crippen LogP contribution < -0.4 is 10.6 Å². The fourth-order valence-electron chi connectivity index (χ4n) is 3.13. The van der Waals surface area contributed by atoms with Crippen LogP contribution in [0.5, 0.6) is 0 Å². The van der Waals surface area contributed by atoms with Gasteiger partial charge in [0.1, 0.15) is 0 Å². The Bertz CT molecular complexity index is 529. The van der Waals surface area contributed by atoms with Crippen LogP contribution in [0.3, 0.4) is 0 Å². The molecular weight excluding hydrogens is 357 g/mol. The van der Waals surface area contributed by atoms with E-state index in [1.807, 2.05) is 0 Å². The molecule has 1 heterocycles. The molecule has 142 valence electrons. The Kier molecular flexibility index (Phi) is 9.80. The number of carbonyl (C=O) groups excluding carboxylic acids is 1. The number of nitrogens with zero attached hydrogens (tertiary/aromatic N) is 1. The molecule has 2 aliphatic rings. The number of likely N-dealkylation sites (tertiary alicyclic amines) is 1. The molecule has 0 radical (unpaired) electrons. The van der Waals surface area contributed by atoms with Gasteiger partial charge in [-0.2, -0.15) is 0 Å². The first-order valence-electron chi connectivity index (χ1n) is 9.00. The third kappa shape index (κ3) is 7.53. The average Bonchev–Trinajstić information content (AvgIpc) is 3.38. The summed E-state index contributed by atoms with van der Waals surface area (Å²) in [5.41, 5.74) is 2.59. The van der Waals surface area contributed by atoms with Crippen molar-refractivity contribution < 1.29 is 4.79 Å². The smallest absolute Gasteiger partial charge is 0.234 e. The number of piperidine rings is 1. The molecule has 1 saturated heterocycles. The Labute approximate surface area is 163 Å². The molecule has 0 unspecified atom stereocenters. The summed E-state index contributed by atoms with van der Waals surface area (Å²) in [6, 6.07) is 9.07. The minimum absolute atomic E-state index is 0. The van der Waals surface area contributed by atoms with Crippen molar-refractivity contribution in [2.24, 2.45) is 5.92 Å². The highest BCUT2D eigenvalue weighted by Crippen LogP contribution is 2.20. The normalized spacial score (nSPS) is 18.1. The van der Waals surface area contributed by atoms with Crippen LogP contribution in [0.15, 0.2) is 24.3 Å². The number of hydrogen-bond donors (Lipinski definition) is 2. The summed E-state index contributed by atoms with van der Waals surface area (Å²) in [5, 5.41) is 6.30. The lowest BCUT2D eigenvalue weighted by atomic mass is 9.98. The quantitative estimate of drug-likeness (QED) is 0.755. The van der Waals surface area contributed by atoms with E-state index in [9.17, 15) is 4.79 Å². The van der Waals surface area contributed by atoms with Gasteiger partial charge in [-0.15, -0.1) is 24.8 Å². The second kappa shape index (κ2) is 11.0. The van der Waals surface area contributed by atoms with Gasteiger partial charge in [0.15, 0.2) is 0 Å². The number of carbonyl (C=O) groups is 1. The van der Waals surface area contributed by atoms with E-state index in [-0.39, 0.29) is 30.7 Å². The van der Waals surface area contributed by atoms with E-state index < -0.39 is 0 Å². The largest absolute Gasteiger partial charge is 0.351 e. The molecule has 0 bridgehead atoms. The van der Waals surface area contributed by atoms with Gasteiger partial charge in [-0.1, -0.05) is 31.2 Å². The van der Waals surface area contributed by atoms with Crippen LogP contribution in [0, 0.1) is 5.92 Å². The summed E-state index contributed by atoms with van der Waals surface area (Å²) in [6.07, 6.45) is 5.02. The molecule has 1 amide bonds. The summed E-state index contributed by atoms with van der Waals surface area (Å²) < 4.78 is 0. The van der Waals surface area contributed by atoms with Crippen molar-refractivity contribution in [2.45, 2.75) is 51.7 Å². The highest BCUT2D eigenvalue weighted by molar-refractivity contribution is 5.85. The predicted octanol–water partition coefficient (Wildman–Crippen LogP) is 3.13. The second-order valence-corrected chi connectivity index (χ2v) is 7.16. The molecule has 3 rings (SSSR count). The molecule has 4 nitrogen and oxygen atoms in total. The summed E-state index contributed by atoms with van der Waals surface area (Å²) in [5.74, 6) is 0.957. The lowest BCUT2D eigenvalue weighted by molar-refractivity contribution is -0.120. The lowest BCUT2D eigenvalue weighted by Gasteiger charge is -2.30. The van der Waals surface area contributed by atoms with Gasteiger partial charge in [-0.3, -0.25) is 9.69 Å². The molecule has 1 aliphatic carbocycles. The van der Waals surface area contributed by atoms with Crippen LogP contribution in [0.1, 0.15) is 43.7 Å². The summed E-state index contributed by atoms with van der Waals surface area (Å²) in [4.78, 5) is 14.4. The SMILES string of the molecule is CC1CCN(Cc2ccccc2CNC(=O)CNC2CC2)CC1.Cl.Cl. The van der Waals surface area contributed by atoms with Crippen molar-refractivity contribution in [3.8, 4) is 0 Å². The topological polar surface area (TPSA) is 44.4 Å². The highest BCUT2D eigenvalue weighted by atomic mass is 35.5. The van der Waals surface area contributed by atoms with E-state index in [2.05, 4.69) is 46.7 Å². The van der Waals surface area contributed by atoms with Crippen LogP contribution >= 0.6 is 24.8 Å². The Morgan fingerprint density at radius 1 is 1.08 bits per heavy atom. The van der Waals surface area contributed by atoms with Crippen molar-refractivity contribution in [1.29, 1.82) is 0 Å². The number of benzene rings is 1. The number of nitrogens with one attached hydrogen (secondary N) is 2. The molecular formula is C19H31Cl2N3O. The fraction of sp³-hybridized carbons (Fsp3) is 0.632. The Balaban J connectivity index is 0.00000156.